The fraction of sp³-hybridized carbons (Fsp3) is 0.500. The van der Waals surface area contributed by atoms with E-state index in [0.29, 0.717) is 10.8 Å². The van der Waals surface area contributed by atoms with Gasteiger partial charge in [-0.15, -0.1) is 0 Å². The normalized spacial score (nSPS) is 7.86. The Bertz CT molecular complexity index is 299. The van der Waals surface area contributed by atoms with Crippen LogP contribution in [0.4, 0.5) is 0 Å². The van der Waals surface area contributed by atoms with Crippen molar-refractivity contribution < 1.29 is 35.6 Å². The maximum atomic E-state index is 2.19. The van der Waals surface area contributed by atoms with E-state index in [1.807, 2.05) is 100 Å². The molecule has 0 bridgehead atoms. The molecule has 0 heterocycles. The van der Waals surface area contributed by atoms with Gasteiger partial charge < -0.3 is 14.9 Å². The summed E-state index contributed by atoms with van der Waals surface area (Å²) in [5.74, 6) is 0. The van der Waals surface area contributed by atoms with Crippen LogP contribution in [0.15, 0.2) is 72.8 Å². The van der Waals surface area contributed by atoms with E-state index in [1.165, 1.54) is 0 Å². The van der Waals surface area contributed by atoms with Crippen LogP contribution in [0.2, 0.25) is 0 Å². The minimum atomic E-state index is 0. The van der Waals surface area contributed by atoms with Crippen LogP contribution in [0.25, 0.3) is 0 Å². The third kappa shape index (κ3) is 134. The van der Waals surface area contributed by atoms with Gasteiger partial charge in [-0.1, -0.05) is 156 Å². The molecule has 0 aliphatic heterocycles. The maximum absolute atomic E-state index is 2.19. The van der Waals surface area contributed by atoms with Crippen LogP contribution in [-0.2, 0) is 0 Å². The molecule has 0 unspecified atom stereocenters. The van der Waals surface area contributed by atoms with E-state index in [0.717, 1.165) is 0 Å². The van der Waals surface area contributed by atoms with Crippen LogP contribution < -0.4 is 0 Å². The van der Waals surface area contributed by atoms with Gasteiger partial charge in [0.1, 0.15) is 0 Å². The number of hydrogen-bond acceptors (Lipinski definition) is 0. The van der Waals surface area contributed by atoms with E-state index >= 15 is 0 Å². The van der Waals surface area contributed by atoms with Crippen molar-refractivity contribution in [1.82, 2.24) is 0 Å². The minimum Gasteiger partial charge on any atom is -0.358 e. The molecule has 1 heteroatoms. The van der Waals surface area contributed by atoms with Gasteiger partial charge in [0.2, 0.25) is 0 Å². The van der Waals surface area contributed by atoms with Gasteiger partial charge in [-0.05, 0) is 10.8 Å². The zero-order valence-corrected chi connectivity index (χ0v) is 26.1. The van der Waals surface area contributed by atoms with Crippen LogP contribution in [0.1, 0.15) is 83.1 Å². The van der Waals surface area contributed by atoms with E-state index in [-0.39, 0.29) is 50.5 Å². The summed E-state index contributed by atoms with van der Waals surface area (Å²) in [7, 11) is 0. The van der Waals surface area contributed by atoms with Crippen molar-refractivity contribution in [3.05, 3.63) is 87.6 Å². The molecule has 0 saturated heterocycles. The molecule has 0 atom stereocenters. The fourth-order valence-electron chi connectivity index (χ4n) is 0.770. The molecule has 0 saturated carbocycles. The molecular weight excluding hydrogens is 475 g/mol. The topological polar surface area (TPSA) is 0 Å². The van der Waals surface area contributed by atoms with Crippen molar-refractivity contribution in [2.24, 2.45) is 10.8 Å². The Hall–Kier alpha value is -0.365. The van der Waals surface area contributed by atoms with Crippen molar-refractivity contribution in [1.29, 1.82) is 0 Å². The van der Waals surface area contributed by atoms with Crippen LogP contribution in [0.3, 0.4) is 0 Å². The van der Waals surface area contributed by atoms with Crippen molar-refractivity contribution in [3.63, 3.8) is 0 Å². The zero-order valence-electron chi connectivity index (χ0n) is 22.5. The summed E-state index contributed by atoms with van der Waals surface area (Å²) in [5, 5.41) is 0. The van der Waals surface area contributed by atoms with Crippen LogP contribution in [0, 0.1) is 61.3 Å². The summed E-state index contributed by atoms with van der Waals surface area (Å²) in [6.07, 6.45) is 0. The maximum Gasteiger partial charge on any atom is 0 e. The molecule has 2 aromatic rings. The number of rotatable bonds is 0. The van der Waals surface area contributed by atoms with E-state index in [1.54, 1.807) is 0 Å². The second-order valence-electron chi connectivity index (χ2n) is 8.31. The van der Waals surface area contributed by atoms with Crippen LogP contribution >= 0.6 is 0 Å². The molecule has 0 fully saturated rings. The Morgan fingerprint density at radius 3 is 0.379 bits per heavy atom. The minimum absolute atomic E-state index is 0. The van der Waals surface area contributed by atoms with Gasteiger partial charge in [-0.25, -0.2) is 0 Å². The molecule has 0 N–H and O–H groups in total. The third-order valence-corrected chi connectivity index (χ3v) is 1.33. The van der Waals surface area contributed by atoms with Crippen molar-refractivity contribution in [3.8, 4) is 0 Å². The number of hydrogen-bond donors (Lipinski definition) is 0. The Labute approximate surface area is 215 Å². The average molecular weight is 530 g/mol. The Morgan fingerprint density at radius 2 is 0.345 bits per heavy atom. The molecule has 2 aromatic carbocycles. The predicted molar refractivity (Wildman–Crippen MR) is 139 cm³/mol. The van der Waals surface area contributed by atoms with Crippen molar-refractivity contribution in [2.45, 2.75) is 83.1 Å². The molecule has 171 valence electrons. The predicted octanol–water partition coefficient (Wildman–Crippen LogP) is 10.4. The standard InChI is InChI=1S/2C6H6.2C5H12.2C2H6.2CH3.La/c2*1-2-4-6-5-3-1;2*1-5(2,3)4;2*1-2;;;/h2*1-6H;2*1-4H3;2*1-2H3;2*1H3;/q;;;;;;2*-1;. The monoisotopic (exact) mass is 529 g/mol. The first-order valence-electron chi connectivity index (χ1n) is 10.0. The largest absolute Gasteiger partial charge is 0.358 e. The summed E-state index contributed by atoms with van der Waals surface area (Å²) in [6, 6.07) is 24.0. The first-order chi connectivity index (χ1) is 12.0. The van der Waals surface area contributed by atoms with Crippen molar-refractivity contribution in [2.75, 3.05) is 0 Å². The third-order valence-electron chi connectivity index (χ3n) is 1.33. The van der Waals surface area contributed by atoms with E-state index < -0.39 is 0 Å². The van der Waals surface area contributed by atoms with Gasteiger partial charge in [0.15, 0.2) is 0 Å². The fourth-order valence-corrected chi connectivity index (χ4v) is 0.770. The van der Waals surface area contributed by atoms with E-state index in [4.69, 9.17) is 0 Å². The Morgan fingerprint density at radius 1 is 0.310 bits per heavy atom. The number of benzene rings is 2. The average Bonchev–Trinajstić information content (AvgIpc) is 2.59. The second-order valence-corrected chi connectivity index (χ2v) is 8.31. The second kappa shape index (κ2) is 35.1. The van der Waals surface area contributed by atoms with Gasteiger partial charge >= 0.3 is 0 Å². The molecule has 0 nitrogen and oxygen atoms in total. The molecule has 0 aromatic heterocycles. The Kier molecular flexibility index (Phi) is 56.5. The van der Waals surface area contributed by atoms with E-state index in [9.17, 15) is 0 Å². The van der Waals surface area contributed by atoms with Crippen LogP contribution in [-0.4, -0.2) is 0 Å². The molecule has 0 spiro atoms. The van der Waals surface area contributed by atoms with E-state index in [2.05, 4.69) is 55.4 Å². The van der Waals surface area contributed by atoms with Gasteiger partial charge in [0.05, 0.1) is 0 Å². The molecule has 0 aliphatic carbocycles. The SMILES string of the molecule is CC.CC.CC(C)(C)C.CC(C)(C)C.[CH3-].[CH3-].[La].c1ccccc1.c1ccccc1. The molecule has 29 heavy (non-hydrogen) atoms. The summed E-state index contributed by atoms with van der Waals surface area (Å²) in [5.41, 5.74) is 1.00. The quantitative estimate of drug-likeness (QED) is 0.298. The summed E-state index contributed by atoms with van der Waals surface area (Å²) in [4.78, 5) is 0. The van der Waals surface area contributed by atoms with Gasteiger partial charge in [0, 0.05) is 35.6 Å². The first-order valence-corrected chi connectivity index (χ1v) is 10.0. The molecule has 1 radical (unpaired) electrons. The smallest absolute Gasteiger partial charge is 0 e. The van der Waals surface area contributed by atoms with Crippen LogP contribution in [0.5, 0.6) is 0 Å². The molecule has 0 aliphatic rings. The van der Waals surface area contributed by atoms with Crippen molar-refractivity contribution >= 4 is 0 Å². The first kappa shape index (κ1) is 46.7. The molecule has 0 amide bonds. The summed E-state index contributed by atoms with van der Waals surface area (Å²) >= 11 is 0. The van der Waals surface area contributed by atoms with Gasteiger partial charge in [-0.3, -0.25) is 0 Å². The summed E-state index contributed by atoms with van der Waals surface area (Å²) in [6.45, 7) is 25.5. The van der Waals surface area contributed by atoms with Gasteiger partial charge in [0.25, 0.3) is 0 Å². The molecular formula is C28H54La-2. The Balaban J connectivity index is -0.0000000409. The van der Waals surface area contributed by atoms with Gasteiger partial charge in [-0.2, -0.15) is 0 Å². The summed E-state index contributed by atoms with van der Waals surface area (Å²) < 4.78 is 0. The zero-order chi connectivity index (χ0) is 21.5. The molecule has 2 rings (SSSR count).